The Labute approximate surface area is 233 Å². The molecule has 0 amide bonds. The van der Waals surface area contributed by atoms with Crippen molar-refractivity contribution in [2.75, 3.05) is 6.61 Å². The molecule has 4 aromatic rings. The monoisotopic (exact) mass is 545 g/mol. The minimum atomic E-state index is -1.39. The molecule has 0 aliphatic rings. The number of rotatable bonds is 10. The maximum atomic E-state index is 12.4. The summed E-state index contributed by atoms with van der Waals surface area (Å²) in [5, 5.41) is 0.899. The van der Waals surface area contributed by atoms with Crippen LogP contribution in [-0.4, -0.2) is 28.1 Å². The highest BCUT2D eigenvalue weighted by molar-refractivity contribution is 7.91. The van der Waals surface area contributed by atoms with Crippen molar-refractivity contribution in [2.45, 2.75) is 58.8 Å². The van der Waals surface area contributed by atoms with Crippen LogP contribution in [-0.2, 0) is 40.3 Å². The van der Waals surface area contributed by atoms with Crippen LogP contribution >= 0.6 is 0 Å². The van der Waals surface area contributed by atoms with Crippen molar-refractivity contribution < 1.29 is 23.2 Å². The molecule has 7 heteroatoms. The summed E-state index contributed by atoms with van der Waals surface area (Å²) < 4.78 is 33.8. The molecular weight excluding hydrogens is 510 g/mol. The lowest BCUT2D eigenvalue weighted by molar-refractivity contribution is -0.142. The molecular formula is C32H35NO5S. The molecule has 6 nitrogen and oxygen atoms in total. The van der Waals surface area contributed by atoms with Gasteiger partial charge in [0.25, 0.3) is 0 Å². The number of benzene rings is 3. The molecule has 0 saturated heterocycles. The van der Waals surface area contributed by atoms with Crippen LogP contribution < -0.4 is 4.74 Å². The Hall–Kier alpha value is -3.55. The van der Waals surface area contributed by atoms with E-state index < -0.39 is 16.1 Å². The number of nitrogens with zero attached hydrogens (tertiary/aromatic N) is 1. The van der Waals surface area contributed by atoms with Crippen LogP contribution in [0.15, 0.2) is 75.5 Å². The van der Waals surface area contributed by atoms with Crippen molar-refractivity contribution in [3.8, 4) is 16.9 Å². The zero-order valence-corrected chi connectivity index (χ0v) is 24.0. The Morgan fingerprint density at radius 2 is 1.82 bits per heavy atom. The van der Waals surface area contributed by atoms with Crippen molar-refractivity contribution in [3.63, 3.8) is 0 Å². The van der Waals surface area contributed by atoms with Gasteiger partial charge in [-0.2, -0.15) is 0 Å². The number of aryl methyl sites for hydroxylation is 1. The summed E-state index contributed by atoms with van der Waals surface area (Å²) in [6.45, 7) is 10.2. The molecule has 0 aliphatic heterocycles. The molecule has 4 rings (SSSR count). The lowest BCUT2D eigenvalue weighted by Crippen LogP contribution is -2.25. The normalized spacial score (nSPS) is 12.7. The third kappa shape index (κ3) is 7.31. The quantitative estimate of drug-likeness (QED) is 0.119. The van der Waals surface area contributed by atoms with Crippen LogP contribution in [0.3, 0.4) is 0 Å². The molecule has 3 aromatic carbocycles. The number of fused-ring (bicyclic) bond motifs is 1. The van der Waals surface area contributed by atoms with Gasteiger partial charge in [-0.1, -0.05) is 53.8 Å². The summed E-state index contributed by atoms with van der Waals surface area (Å²) >= 11 is -1.39. The average Bonchev–Trinajstić information content (AvgIpc) is 3.33. The van der Waals surface area contributed by atoms with E-state index in [4.69, 9.17) is 13.9 Å². The van der Waals surface area contributed by atoms with Gasteiger partial charge in [-0.15, -0.1) is 0 Å². The molecule has 0 bridgehead atoms. The maximum absolute atomic E-state index is 12.4. The van der Waals surface area contributed by atoms with Gasteiger partial charge in [0.1, 0.15) is 40.3 Å². The second-order valence-electron chi connectivity index (χ2n) is 10.2. The maximum Gasteiger partial charge on any atom is 0.310 e. The van der Waals surface area contributed by atoms with E-state index in [2.05, 4.69) is 35.6 Å². The Morgan fingerprint density at radius 1 is 1.03 bits per heavy atom. The summed E-state index contributed by atoms with van der Waals surface area (Å²) in [7, 11) is 0. The third-order valence-corrected chi connectivity index (χ3v) is 7.49. The number of hydrogen-bond donors (Lipinski definition) is 0. The van der Waals surface area contributed by atoms with Crippen LogP contribution in [0.4, 0.5) is 0 Å². The van der Waals surface area contributed by atoms with E-state index in [9.17, 15) is 9.35 Å². The standard InChI is InChI=1S/C32H35NO5S/c1-6-22-11-10-13-24(15-22)28-17-23(21-37-29-14-9-8-12-25(29)19-30(34)36-7-2)16-26-18-27(38-31(26)28)20-33-39(35)32(3,4)5/h8-18,20H,6-7,19,21H2,1-5H3/b33-20+/t39-/m1/s1. The van der Waals surface area contributed by atoms with E-state index in [1.54, 1.807) is 6.92 Å². The molecule has 0 fully saturated rings. The third-order valence-electron chi connectivity index (χ3n) is 6.15. The van der Waals surface area contributed by atoms with Gasteiger partial charge in [0.05, 0.1) is 13.0 Å². The molecule has 204 valence electrons. The van der Waals surface area contributed by atoms with Gasteiger partial charge in [0.15, 0.2) is 5.76 Å². The number of hydrogen-bond acceptors (Lipinski definition) is 6. The summed E-state index contributed by atoms with van der Waals surface area (Å²) in [5.41, 5.74) is 5.68. The van der Waals surface area contributed by atoms with Gasteiger partial charge >= 0.3 is 5.97 Å². The van der Waals surface area contributed by atoms with Crippen LogP contribution in [0, 0.1) is 0 Å². The van der Waals surface area contributed by atoms with E-state index in [-0.39, 0.29) is 12.4 Å². The van der Waals surface area contributed by atoms with Crippen molar-refractivity contribution in [2.24, 2.45) is 4.40 Å². The van der Waals surface area contributed by atoms with E-state index in [0.717, 1.165) is 39.6 Å². The minimum Gasteiger partial charge on any atom is -0.591 e. The Balaban J connectivity index is 1.69. The van der Waals surface area contributed by atoms with Crippen LogP contribution in [0.25, 0.3) is 22.1 Å². The predicted molar refractivity (Wildman–Crippen MR) is 158 cm³/mol. The lowest BCUT2D eigenvalue weighted by atomic mass is 9.98. The zero-order chi connectivity index (χ0) is 28.0. The van der Waals surface area contributed by atoms with Gasteiger partial charge in [-0.25, -0.2) is 0 Å². The Bertz CT molecular complexity index is 1470. The molecule has 0 spiro atoms. The first kappa shape index (κ1) is 28.5. The largest absolute Gasteiger partial charge is 0.591 e. The van der Waals surface area contributed by atoms with E-state index in [0.29, 0.717) is 24.7 Å². The first-order chi connectivity index (χ1) is 18.7. The number of furan rings is 1. The van der Waals surface area contributed by atoms with Crippen molar-refractivity contribution in [1.82, 2.24) is 0 Å². The highest BCUT2D eigenvalue weighted by atomic mass is 32.2. The van der Waals surface area contributed by atoms with Crippen molar-refractivity contribution >= 4 is 34.5 Å². The average molecular weight is 546 g/mol. The second kappa shape index (κ2) is 12.5. The molecule has 1 atom stereocenters. The molecule has 0 radical (unpaired) electrons. The molecule has 1 aromatic heterocycles. The number of carbonyl (C=O) groups excluding carboxylic acids is 1. The second-order valence-corrected chi connectivity index (χ2v) is 12.2. The fraction of sp³-hybridized carbons (Fsp3) is 0.312. The highest BCUT2D eigenvalue weighted by Gasteiger charge is 2.26. The van der Waals surface area contributed by atoms with E-state index in [1.165, 1.54) is 11.8 Å². The predicted octanol–water partition coefficient (Wildman–Crippen LogP) is 7.23. The molecule has 0 unspecified atom stereocenters. The van der Waals surface area contributed by atoms with Crippen molar-refractivity contribution in [1.29, 1.82) is 0 Å². The highest BCUT2D eigenvalue weighted by Crippen LogP contribution is 2.34. The topological polar surface area (TPSA) is 84.1 Å². The first-order valence-electron chi connectivity index (χ1n) is 13.2. The minimum absolute atomic E-state index is 0.151. The van der Waals surface area contributed by atoms with Crippen LogP contribution in [0.2, 0.25) is 0 Å². The van der Waals surface area contributed by atoms with Crippen LogP contribution in [0.5, 0.6) is 5.75 Å². The van der Waals surface area contributed by atoms with E-state index in [1.807, 2.05) is 63.2 Å². The van der Waals surface area contributed by atoms with Gasteiger partial charge < -0.3 is 18.4 Å². The summed E-state index contributed by atoms with van der Waals surface area (Å²) in [4.78, 5) is 12.1. The fourth-order valence-corrected chi connectivity index (χ4v) is 4.65. The fourth-order valence-electron chi connectivity index (χ4n) is 4.13. The number of ether oxygens (including phenoxy) is 2. The van der Waals surface area contributed by atoms with E-state index >= 15 is 0 Å². The van der Waals surface area contributed by atoms with Gasteiger partial charge in [0, 0.05) is 16.5 Å². The summed E-state index contributed by atoms with van der Waals surface area (Å²) in [6, 6.07) is 21.9. The molecule has 0 aliphatic carbocycles. The number of carbonyl (C=O) groups is 1. The molecule has 39 heavy (non-hydrogen) atoms. The summed E-state index contributed by atoms with van der Waals surface area (Å²) in [6.07, 6.45) is 2.61. The zero-order valence-electron chi connectivity index (χ0n) is 23.2. The van der Waals surface area contributed by atoms with Gasteiger partial charge in [-0.3, -0.25) is 4.79 Å². The lowest BCUT2D eigenvalue weighted by Gasteiger charge is -2.17. The Morgan fingerprint density at radius 3 is 2.56 bits per heavy atom. The smallest absolute Gasteiger partial charge is 0.310 e. The SMILES string of the molecule is CCOC(=O)Cc1ccccc1OCc1cc(-c2cccc(CC)c2)c2oc(/C=N/[S@+]([O-])C(C)(C)C)cc2c1. The molecule has 1 heterocycles. The Kier molecular flexibility index (Phi) is 9.15. The molecule has 0 N–H and O–H groups in total. The van der Waals surface area contributed by atoms with Crippen LogP contribution in [0.1, 0.15) is 57.1 Å². The number of para-hydroxylation sites is 1. The molecule has 0 saturated carbocycles. The summed E-state index contributed by atoms with van der Waals surface area (Å²) in [5.74, 6) is 0.895. The van der Waals surface area contributed by atoms with Gasteiger partial charge in [0.2, 0.25) is 0 Å². The first-order valence-corrected chi connectivity index (χ1v) is 14.3. The van der Waals surface area contributed by atoms with Gasteiger partial charge in [-0.05, 0) is 75.1 Å². The van der Waals surface area contributed by atoms with Crippen molar-refractivity contribution in [3.05, 3.63) is 89.2 Å². The number of esters is 1.